The smallest absolute Gasteiger partial charge is 0.0713 e. The van der Waals surface area contributed by atoms with E-state index in [1.54, 1.807) is 0 Å². The lowest BCUT2D eigenvalue weighted by atomic mass is 9.85. The minimum Gasteiger partial charge on any atom is -0.375 e. The Morgan fingerprint density at radius 2 is 2.18 bits per heavy atom. The average molecular weight is 258 g/mol. The topological polar surface area (TPSA) is 38.5 Å². The van der Waals surface area contributed by atoms with Crippen LogP contribution in [-0.4, -0.2) is 54.3 Å². The van der Waals surface area contributed by atoms with Crippen LogP contribution in [0.1, 0.15) is 32.6 Å². The van der Waals surface area contributed by atoms with E-state index in [2.05, 4.69) is 23.6 Å². The number of nitrogens with two attached hydrogens (primary N) is 1. The normalized spacial score (nSPS) is 28.8. The molecule has 0 aromatic rings. The Bertz CT molecular complexity index is 226. The first-order valence-electron chi connectivity index (χ1n) is 6.95. The third-order valence-corrected chi connectivity index (χ3v) is 5.20. The second-order valence-electron chi connectivity index (χ2n) is 5.21. The zero-order chi connectivity index (χ0) is 12.1. The van der Waals surface area contributed by atoms with Crippen LogP contribution >= 0.6 is 11.8 Å². The molecule has 0 radical (unpaired) electrons. The van der Waals surface area contributed by atoms with Gasteiger partial charge in [-0.2, -0.15) is 11.8 Å². The van der Waals surface area contributed by atoms with Crippen LogP contribution in [0.5, 0.6) is 0 Å². The standard InChI is InChI=1S/C13H26N2OS/c1-2-15(7-6-14)12-3-8-16-13(11-12)4-9-17-10-5-13/h12H,2-11,14H2,1H3. The van der Waals surface area contributed by atoms with Crippen LogP contribution in [0.15, 0.2) is 0 Å². The minimum absolute atomic E-state index is 0.205. The van der Waals surface area contributed by atoms with E-state index in [0.717, 1.165) is 26.2 Å². The number of hydrogen-bond donors (Lipinski definition) is 1. The molecular weight excluding hydrogens is 232 g/mol. The minimum atomic E-state index is 0.205. The molecule has 2 rings (SSSR count). The van der Waals surface area contributed by atoms with Crippen LogP contribution in [0, 0.1) is 0 Å². The fourth-order valence-corrected chi connectivity index (χ4v) is 4.41. The number of ether oxygens (including phenoxy) is 1. The van der Waals surface area contributed by atoms with Crippen LogP contribution < -0.4 is 5.73 Å². The molecule has 1 spiro atoms. The lowest BCUT2D eigenvalue weighted by Crippen LogP contribution is -2.51. The number of rotatable bonds is 4. The number of nitrogens with zero attached hydrogens (tertiary/aromatic N) is 1. The van der Waals surface area contributed by atoms with Gasteiger partial charge in [0.15, 0.2) is 0 Å². The average Bonchev–Trinajstić information content (AvgIpc) is 2.37. The van der Waals surface area contributed by atoms with Crippen molar-refractivity contribution in [2.24, 2.45) is 5.73 Å². The zero-order valence-electron chi connectivity index (χ0n) is 11.0. The molecule has 2 heterocycles. The van der Waals surface area contributed by atoms with Gasteiger partial charge in [-0.05, 0) is 43.7 Å². The lowest BCUT2D eigenvalue weighted by Gasteiger charge is -2.46. The first-order chi connectivity index (χ1) is 8.29. The van der Waals surface area contributed by atoms with E-state index in [0.29, 0.717) is 6.04 Å². The van der Waals surface area contributed by atoms with Gasteiger partial charge in [0.2, 0.25) is 0 Å². The van der Waals surface area contributed by atoms with Gasteiger partial charge in [0, 0.05) is 25.7 Å². The van der Waals surface area contributed by atoms with Gasteiger partial charge in [-0.3, -0.25) is 4.90 Å². The highest BCUT2D eigenvalue weighted by molar-refractivity contribution is 7.99. The van der Waals surface area contributed by atoms with Crippen molar-refractivity contribution in [2.45, 2.75) is 44.2 Å². The van der Waals surface area contributed by atoms with E-state index >= 15 is 0 Å². The molecule has 0 aromatic heterocycles. The second kappa shape index (κ2) is 6.41. The third-order valence-electron chi connectivity index (χ3n) is 4.21. The molecule has 3 nitrogen and oxygen atoms in total. The summed E-state index contributed by atoms with van der Waals surface area (Å²) in [6, 6.07) is 0.695. The lowest BCUT2D eigenvalue weighted by molar-refractivity contribution is -0.109. The Morgan fingerprint density at radius 3 is 2.82 bits per heavy atom. The Balaban J connectivity index is 1.95. The van der Waals surface area contributed by atoms with Crippen molar-refractivity contribution in [3.05, 3.63) is 0 Å². The number of hydrogen-bond acceptors (Lipinski definition) is 4. The van der Waals surface area contributed by atoms with Gasteiger partial charge in [-0.15, -0.1) is 0 Å². The monoisotopic (exact) mass is 258 g/mol. The SMILES string of the molecule is CCN(CCN)C1CCOC2(CCSCC2)C1. The van der Waals surface area contributed by atoms with Crippen LogP contribution in [-0.2, 0) is 4.74 Å². The van der Waals surface area contributed by atoms with Crippen molar-refractivity contribution < 1.29 is 4.74 Å². The summed E-state index contributed by atoms with van der Waals surface area (Å²) in [5, 5.41) is 0. The zero-order valence-corrected chi connectivity index (χ0v) is 11.8. The van der Waals surface area contributed by atoms with E-state index in [-0.39, 0.29) is 5.60 Å². The quantitative estimate of drug-likeness (QED) is 0.833. The molecule has 2 saturated heterocycles. The molecule has 17 heavy (non-hydrogen) atoms. The molecular formula is C13H26N2OS. The summed E-state index contributed by atoms with van der Waals surface area (Å²) in [4.78, 5) is 2.55. The molecule has 2 aliphatic heterocycles. The molecule has 2 aliphatic rings. The van der Waals surface area contributed by atoms with Gasteiger partial charge in [0.25, 0.3) is 0 Å². The maximum absolute atomic E-state index is 6.14. The summed E-state index contributed by atoms with van der Waals surface area (Å²) >= 11 is 2.07. The largest absolute Gasteiger partial charge is 0.375 e. The van der Waals surface area contributed by atoms with E-state index in [1.165, 1.54) is 37.2 Å². The summed E-state index contributed by atoms with van der Waals surface area (Å²) < 4.78 is 6.14. The maximum Gasteiger partial charge on any atom is 0.0713 e. The van der Waals surface area contributed by atoms with E-state index in [4.69, 9.17) is 10.5 Å². The Morgan fingerprint density at radius 1 is 1.41 bits per heavy atom. The van der Waals surface area contributed by atoms with Gasteiger partial charge < -0.3 is 10.5 Å². The van der Waals surface area contributed by atoms with Gasteiger partial charge in [-0.1, -0.05) is 6.92 Å². The van der Waals surface area contributed by atoms with Gasteiger partial charge in [0.05, 0.1) is 5.60 Å². The van der Waals surface area contributed by atoms with Crippen LogP contribution in [0.25, 0.3) is 0 Å². The van der Waals surface area contributed by atoms with Crippen molar-refractivity contribution in [1.29, 1.82) is 0 Å². The molecule has 1 atom stereocenters. The fourth-order valence-electron chi connectivity index (χ4n) is 3.17. The fraction of sp³-hybridized carbons (Fsp3) is 1.00. The summed E-state index contributed by atoms with van der Waals surface area (Å²) in [6.45, 7) is 6.11. The maximum atomic E-state index is 6.14. The predicted octanol–water partition coefficient (Wildman–Crippen LogP) is 1.71. The van der Waals surface area contributed by atoms with Crippen molar-refractivity contribution in [2.75, 3.05) is 37.7 Å². The molecule has 2 N–H and O–H groups in total. The summed E-state index contributed by atoms with van der Waals surface area (Å²) in [5.41, 5.74) is 5.91. The summed E-state index contributed by atoms with van der Waals surface area (Å²) in [7, 11) is 0. The second-order valence-corrected chi connectivity index (χ2v) is 6.43. The van der Waals surface area contributed by atoms with Gasteiger partial charge in [-0.25, -0.2) is 0 Å². The summed E-state index contributed by atoms with van der Waals surface area (Å²) in [5.74, 6) is 2.55. The molecule has 100 valence electrons. The first kappa shape index (κ1) is 13.7. The Labute approximate surface area is 109 Å². The first-order valence-corrected chi connectivity index (χ1v) is 8.11. The van der Waals surface area contributed by atoms with Crippen molar-refractivity contribution in [1.82, 2.24) is 4.90 Å². The van der Waals surface area contributed by atoms with Crippen molar-refractivity contribution >= 4 is 11.8 Å². The predicted molar refractivity (Wildman–Crippen MR) is 74.6 cm³/mol. The molecule has 2 fully saturated rings. The summed E-state index contributed by atoms with van der Waals surface area (Å²) in [6.07, 6.45) is 4.90. The van der Waals surface area contributed by atoms with Crippen LogP contribution in [0.3, 0.4) is 0 Å². The molecule has 0 aromatic carbocycles. The third kappa shape index (κ3) is 3.37. The highest BCUT2D eigenvalue weighted by atomic mass is 32.2. The molecule has 0 bridgehead atoms. The molecule has 0 amide bonds. The number of thioether (sulfide) groups is 1. The van der Waals surface area contributed by atoms with Crippen molar-refractivity contribution in [3.63, 3.8) is 0 Å². The van der Waals surface area contributed by atoms with Crippen LogP contribution in [0.4, 0.5) is 0 Å². The van der Waals surface area contributed by atoms with E-state index < -0.39 is 0 Å². The Kier molecular flexibility index (Phi) is 5.15. The molecule has 0 aliphatic carbocycles. The highest BCUT2D eigenvalue weighted by Crippen LogP contribution is 2.38. The highest BCUT2D eigenvalue weighted by Gasteiger charge is 2.39. The molecule has 4 heteroatoms. The molecule has 1 unspecified atom stereocenters. The molecule has 0 saturated carbocycles. The van der Waals surface area contributed by atoms with E-state index in [1.807, 2.05) is 0 Å². The Hall–Kier alpha value is 0.230. The van der Waals surface area contributed by atoms with Gasteiger partial charge >= 0.3 is 0 Å². The van der Waals surface area contributed by atoms with E-state index in [9.17, 15) is 0 Å². The van der Waals surface area contributed by atoms with Crippen LogP contribution in [0.2, 0.25) is 0 Å². The van der Waals surface area contributed by atoms with Gasteiger partial charge in [0.1, 0.15) is 0 Å². The number of likely N-dealkylation sites (N-methyl/N-ethyl adjacent to an activating group) is 1. The van der Waals surface area contributed by atoms with Crippen molar-refractivity contribution in [3.8, 4) is 0 Å².